The summed E-state index contributed by atoms with van der Waals surface area (Å²) in [6.45, 7) is 0.362. The number of hydrogen-bond donors (Lipinski definition) is 1. The second-order valence-electron chi connectivity index (χ2n) is 5.25. The number of aliphatic hydroxyl groups is 1. The third-order valence-electron chi connectivity index (χ3n) is 3.80. The van der Waals surface area contributed by atoms with Crippen LogP contribution in [0, 0.1) is 0 Å². The van der Waals surface area contributed by atoms with Gasteiger partial charge in [-0.2, -0.15) is 0 Å². The minimum Gasteiger partial charge on any atom is -0.493 e. The first-order valence-electron chi connectivity index (χ1n) is 7.55. The number of hydrogen-bond acceptors (Lipinski definition) is 5. The summed E-state index contributed by atoms with van der Waals surface area (Å²) in [5.74, 6) is 1.95. The number of benzene rings is 1. The minimum absolute atomic E-state index is 0.362. The van der Waals surface area contributed by atoms with Crippen LogP contribution in [0.2, 0.25) is 0 Å². The average molecular weight is 325 g/mol. The first kappa shape index (κ1) is 16.0. The second kappa shape index (κ2) is 7.14. The number of para-hydroxylation sites is 1. The molecule has 0 aliphatic heterocycles. The molecule has 0 saturated carbocycles. The highest BCUT2D eigenvalue weighted by atomic mass is 16.5. The SMILES string of the molecule is COc1cccc(-c2nccn2CC(O)c2cccnc2)c1OC. The van der Waals surface area contributed by atoms with E-state index in [-0.39, 0.29) is 0 Å². The summed E-state index contributed by atoms with van der Waals surface area (Å²) < 4.78 is 12.7. The van der Waals surface area contributed by atoms with Crippen LogP contribution >= 0.6 is 0 Å². The van der Waals surface area contributed by atoms with Gasteiger partial charge in [0.15, 0.2) is 11.5 Å². The Bertz CT molecular complexity index is 802. The molecule has 0 amide bonds. The highest BCUT2D eigenvalue weighted by Gasteiger charge is 2.17. The van der Waals surface area contributed by atoms with Gasteiger partial charge in [0.25, 0.3) is 0 Å². The van der Waals surface area contributed by atoms with E-state index in [0.717, 1.165) is 11.1 Å². The summed E-state index contributed by atoms with van der Waals surface area (Å²) in [5.41, 5.74) is 1.56. The topological polar surface area (TPSA) is 69.4 Å². The van der Waals surface area contributed by atoms with Crippen LogP contribution in [0.1, 0.15) is 11.7 Å². The number of rotatable bonds is 6. The lowest BCUT2D eigenvalue weighted by atomic mass is 10.1. The number of imidazole rings is 1. The van der Waals surface area contributed by atoms with Crippen molar-refractivity contribution in [1.29, 1.82) is 0 Å². The first-order valence-corrected chi connectivity index (χ1v) is 7.55. The predicted octanol–water partition coefficient (Wildman–Crippen LogP) is 2.70. The van der Waals surface area contributed by atoms with Crippen molar-refractivity contribution >= 4 is 0 Å². The van der Waals surface area contributed by atoms with Crippen molar-refractivity contribution in [1.82, 2.24) is 14.5 Å². The standard InChI is InChI=1S/C18H19N3O3/c1-23-16-7-3-6-14(17(16)24-2)18-20-9-10-21(18)12-15(22)13-5-4-8-19-11-13/h3-11,15,22H,12H2,1-2H3. The molecule has 1 aromatic carbocycles. The van der Waals surface area contributed by atoms with Crippen molar-refractivity contribution in [3.8, 4) is 22.9 Å². The molecule has 0 aliphatic carbocycles. The minimum atomic E-state index is -0.678. The Balaban J connectivity index is 1.94. The second-order valence-corrected chi connectivity index (χ2v) is 5.25. The van der Waals surface area contributed by atoms with E-state index < -0.39 is 6.10 Å². The molecule has 0 fully saturated rings. The lowest BCUT2D eigenvalue weighted by molar-refractivity contribution is 0.156. The molecule has 1 unspecified atom stereocenters. The molecule has 1 N–H and O–H groups in total. The van der Waals surface area contributed by atoms with Gasteiger partial charge in [-0.1, -0.05) is 12.1 Å². The van der Waals surface area contributed by atoms with Gasteiger partial charge in [0.1, 0.15) is 5.82 Å². The summed E-state index contributed by atoms with van der Waals surface area (Å²) in [5, 5.41) is 10.4. The molecule has 6 nitrogen and oxygen atoms in total. The van der Waals surface area contributed by atoms with E-state index in [1.54, 1.807) is 38.9 Å². The normalized spacial score (nSPS) is 12.0. The number of nitrogens with zero attached hydrogens (tertiary/aromatic N) is 3. The highest BCUT2D eigenvalue weighted by Crippen LogP contribution is 2.37. The average Bonchev–Trinajstić information content (AvgIpc) is 3.09. The maximum absolute atomic E-state index is 10.4. The zero-order chi connectivity index (χ0) is 16.9. The van der Waals surface area contributed by atoms with Gasteiger partial charge in [-0.3, -0.25) is 4.98 Å². The Morgan fingerprint density at radius 1 is 1.12 bits per heavy atom. The monoisotopic (exact) mass is 325 g/mol. The van der Waals surface area contributed by atoms with Crippen LogP contribution in [0.15, 0.2) is 55.1 Å². The van der Waals surface area contributed by atoms with Gasteiger partial charge >= 0.3 is 0 Å². The molecule has 0 bridgehead atoms. The third kappa shape index (κ3) is 3.09. The van der Waals surface area contributed by atoms with E-state index in [1.807, 2.05) is 35.0 Å². The molecule has 124 valence electrons. The molecule has 0 radical (unpaired) electrons. The van der Waals surface area contributed by atoms with E-state index >= 15 is 0 Å². The van der Waals surface area contributed by atoms with Gasteiger partial charge < -0.3 is 19.1 Å². The fourth-order valence-electron chi connectivity index (χ4n) is 2.63. The number of methoxy groups -OCH3 is 2. The molecule has 3 aromatic rings. The summed E-state index contributed by atoms with van der Waals surface area (Å²) in [7, 11) is 3.19. The molecule has 2 aromatic heterocycles. The van der Waals surface area contributed by atoms with Gasteiger partial charge in [-0.15, -0.1) is 0 Å². The summed E-state index contributed by atoms with van der Waals surface area (Å²) in [6.07, 6.45) is 6.19. The smallest absolute Gasteiger partial charge is 0.171 e. The van der Waals surface area contributed by atoms with Crippen molar-refractivity contribution in [3.63, 3.8) is 0 Å². The van der Waals surface area contributed by atoms with E-state index in [1.165, 1.54) is 0 Å². The molecule has 0 saturated heterocycles. The molecule has 24 heavy (non-hydrogen) atoms. The lowest BCUT2D eigenvalue weighted by Crippen LogP contribution is -2.10. The Labute approximate surface area is 140 Å². The largest absolute Gasteiger partial charge is 0.493 e. The van der Waals surface area contributed by atoms with Crippen LogP contribution < -0.4 is 9.47 Å². The Hall–Kier alpha value is -2.86. The van der Waals surface area contributed by atoms with Crippen LogP contribution in [0.4, 0.5) is 0 Å². The maximum Gasteiger partial charge on any atom is 0.171 e. The summed E-state index contributed by atoms with van der Waals surface area (Å²) >= 11 is 0. The van der Waals surface area contributed by atoms with Crippen LogP contribution in [0.3, 0.4) is 0 Å². The number of aromatic nitrogens is 3. The van der Waals surface area contributed by atoms with Crippen LogP contribution in [0.5, 0.6) is 11.5 Å². The third-order valence-corrected chi connectivity index (χ3v) is 3.80. The van der Waals surface area contributed by atoms with Crippen molar-refractivity contribution in [3.05, 3.63) is 60.7 Å². The number of pyridine rings is 1. The Kier molecular flexibility index (Phi) is 4.77. The van der Waals surface area contributed by atoms with E-state index in [4.69, 9.17) is 9.47 Å². The molecular weight excluding hydrogens is 306 g/mol. The van der Waals surface area contributed by atoms with Crippen molar-refractivity contribution < 1.29 is 14.6 Å². The molecule has 3 rings (SSSR count). The Morgan fingerprint density at radius 2 is 2.00 bits per heavy atom. The van der Waals surface area contributed by atoms with Crippen LogP contribution in [0.25, 0.3) is 11.4 Å². The van der Waals surface area contributed by atoms with Crippen molar-refractivity contribution in [2.75, 3.05) is 14.2 Å². The molecule has 0 spiro atoms. The van der Waals surface area contributed by atoms with Crippen LogP contribution in [-0.4, -0.2) is 33.9 Å². The van der Waals surface area contributed by atoms with E-state index in [2.05, 4.69) is 9.97 Å². The van der Waals surface area contributed by atoms with Crippen LogP contribution in [-0.2, 0) is 6.54 Å². The van der Waals surface area contributed by atoms with Crippen molar-refractivity contribution in [2.24, 2.45) is 0 Å². The predicted molar refractivity (Wildman–Crippen MR) is 90.0 cm³/mol. The Morgan fingerprint density at radius 3 is 2.71 bits per heavy atom. The van der Waals surface area contributed by atoms with Gasteiger partial charge in [0.2, 0.25) is 0 Å². The fourth-order valence-corrected chi connectivity index (χ4v) is 2.63. The zero-order valence-electron chi connectivity index (χ0n) is 13.6. The molecule has 2 heterocycles. The lowest BCUT2D eigenvalue weighted by Gasteiger charge is -2.16. The molecule has 0 aliphatic rings. The maximum atomic E-state index is 10.4. The summed E-state index contributed by atoms with van der Waals surface area (Å²) in [6, 6.07) is 9.28. The summed E-state index contributed by atoms with van der Waals surface area (Å²) in [4.78, 5) is 8.46. The zero-order valence-corrected chi connectivity index (χ0v) is 13.6. The number of ether oxygens (including phenoxy) is 2. The molecule has 1 atom stereocenters. The van der Waals surface area contributed by atoms with E-state index in [9.17, 15) is 5.11 Å². The fraction of sp³-hybridized carbons (Fsp3) is 0.222. The van der Waals surface area contributed by atoms with Crippen molar-refractivity contribution in [2.45, 2.75) is 12.6 Å². The van der Waals surface area contributed by atoms with Gasteiger partial charge in [0.05, 0.1) is 32.4 Å². The van der Waals surface area contributed by atoms with Gasteiger partial charge in [0, 0.05) is 30.4 Å². The van der Waals surface area contributed by atoms with Gasteiger partial charge in [-0.25, -0.2) is 4.98 Å². The first-order chi connectivity index (χ1) is 11.7. The molecular formula is C18H19N3O3. The number of aliphatic hydroxyl groups excluding tert-OH is 1. The van der Waals surface area contributed by atoms with Gasteiger partial charge in [-0.05, 0) is 18.2 Å². The molecule has 6 heteroatoms. The van der Waals surface area contributed by atoms with E-state index in [0.29, 0.717) is 23.9 Å². The quantitative estimate of drug-likeness (QED) is 0.754. The highest BCUT2D eigenvalue weighted by molar-refractivity contribution is 5.69.